The van der Waals surface area contributed by atoms with E-state index in [1.54, 1.807) is 6.07 Å². The van der Waals surface area contributed by atoms with Gasteiger partial charge in [0.1, 0.15) is 5.82 Å². The van der Waals surface area contributed by atoms with Crippen LogP contribution in [0.15, 0.2) is 22.7 Å². The first-order chi connectivity index (χ1) is 5.24. The molecule has 0 N–H and O–H groups in total. The largest absolute Gasteiger partial charge is 0.207 e. The third-order valence-electron chi connectivity index (χ3n) is 1.38. The summed E-state index contributed by atoms with van der Waals surface area (Å²) >= 11 is 8.78. The average Bonchev–Trinajstić information content (AvgIpc) is 1.95. The summed E-state index contributed by atoms with van der Waals surface area (Å²) in [6.07, 6.45) is 0.766. The summed E-state index contributed by atoms with van der Waals surface area (Å²) in [5.41, 5.74) is 1.04. The summed E-state index contributed by atoms with van der Waals surface area (Å²) in [7, 11) is 0. The fourth-order valence-corrected chi connectivity index (χ4v) is 1.58. The highest BCUT2D eigenvalue weighted by Crippen LogP contribution is 2.18. The Hall–Kier alpha value is -0.0800. The van der Waals surface area contributed by atoms with Gasteiger partial charge in [0, 0.05) is 10.4 Å². The number of halogens is 3. The molecule has 0 fully saturated rings. The smallest absolute Gasteiger partial charge is 0.124 e. The van der Waals surface area contributed by atoms with Crippen LogP contribution in [0, 0.1) is 5.82 Å². The zero-order chi connectivity index (χ0) is 8.27. The molecule has 0 aliphatic carbocycles. The fourth-order valence-electron chi connectivity index (χ4n) is 0.826. The van der Waals surface area contributed by atoms with E-state index in [1.165, 1.54) is 12.1 Å². The van der Waals surface area contributed by atoms with Crippen LogP contribution in [0.2, 0.25) is 0 Å². The predicted molar refractivity (Wildman–Crippen MR) is 48.5 cm³/mol. The predicted octanol–water partition coefficient (Wildman–Crippen LogP) is 3.37. The molecule has 11 heavy (non-hydrogen) atoms. The van der Waals surface area contributed by atoms with Crippen LogP contribution in [-0.2, 0) is 6.42 Å². The second kappa shape index (κ2) is 4.07. The van der Waals surface area contributed by atoms with Crippen molar-refractivity contribution >= 4 is 27.5 Å². The van der Waals surface area contributed by atoms with Crippen molar-refractivity contribution in [3.05, 3.63) is 34.1 Å². The number of alkyl halides is 1. The minimum Gasteiger partial charge on any atom is -0.207 e. The van der Waals surface area contributed by atoms with Crippen LogP contribution in [0.5, 0.6) is 0 Å². The molecule has 0 aromatic heterocycles. The summed E-state index contributed by atoms with van der Waals surface area (Å²) in [5.74, 6) is 0.333. The van der Waals surface area contributed by atoms with Gasteiger partial charge in [-0.1, -0.05) is 22.0 Å². The molecular formula is C8H7BrClF. The summed E-state index contributed by atoms with van der Waals surface area (Å²) in [4.78, 5) is 0. The van der Waals surface area contributed by atoms with Crippen LogP contribution in [0.25, 0.3) is 0 Å². The molecule has 0 nitrogen and oxygen atoms in total. The van der Waals surface area contributed by atoms with E-state index in [2.05, 4.69) is 15.9 Å². The molecule has 0 spiro atoms. The molecular weight excluding hydrogens is 230 g/mol. The topological polar surface area (TPSA) is 0 Å². The maximum Gasteiger partial charge on any atom is 0.124 e. The van der Waals surface area contributed by atoms with Gasteiger partial charge >= 0.3 is 0 Å². The van der Waals surface area contributed by atoms with Gasteiger partial charge in [0.2, 0.25) is 0 Å². The lowest BCUT2D eigenvalue weighted by molar-refractivity contribution is 0.626. The van der Waals surface area contributed by atoms with Gasteiger partial charge in [-0.2, -0.15) is 0 Å². The Labute approximate surface area is 78.5 Å². The molecule has 3 heteroatoms. The minimum atomic E-state index is -0.227. The van der Waals surface area contributed by atoms with Gasteiger partial charge in [-0.05, 0) is 24.1 Å². The lowest BCUT2D eigenvalue weighted by Crippen LogP contribution is -1.88. The highest BCUT2D eigenvalue weighted by molar-refractivity contribution is 9.10. The van der Waals surface area contributed by atoms with Crippen molar-refractivity contribution in [1.29, 1.82) is 0 Å². The van der Waals surface area contributed by atoms with E-state index in [-0.39, 0.29) is 5.82 Å². The maximum atomic E-state index is 12.5. The quantitative estimate of drug-likeness (QED) is 0.692. The SMILES string of the molecule is Fc1ccc(CCCl)c(Br)c1. The van der Waals surface area contributed by atoms with Crippen LogP contribution >= 0.6 is 27.5 Å². The summed E-state index contributed by atoms with van der Waals surface area (Å²) in [6, 6.07) is 4.62. The van der Waals surface area contributed by atoms with E-state index >= 15 is 0 Å². The van der Waals surface area contributed by atoms with Crippen molar-refractivity contribution in [2.45, 2.75) is 6.42 Å². The van der Waals surface area contributed by atoms with E-state index in [0.717, 1.165) is 16.5 Å². The molecule has 0 aliphatic heterocycles. The van der Waals surface area contributed by atoms with Crippen molar-refractivity contribution in [3.8, 4) is 0 Å². The van der Waals surface area contributed by atoms with E-state index in [0.29, 0.717) is 5.88 Å². The van der Waals surface area contributed by atoms with Gasteiger partial charge < -0.3 is 0 Å². The number of hydrogen-bond acceptors (Lipinski definition) is 0. The zero-order valence-corrected chi connectivity index (χ0v) is 8.12. The number of aryl methyl sites for hydroxylation is 1. The third-order valence-corrected chi connectivity index (χ3v) is 2.31. The van der Waals surface area contributed by atoms with Crippen molar-refractivity contribution in [2.75, 3.05) is 5.88 Å². The molecule has 1 aromatic rings. The van der Waals surface area contributed by atoms with Gasteiger partial charge in [0.25, 0.3) is 0 Å². The monoisotopic (exact) mass is 236 g/mol. The highest BCUT2D eigenvalue weighted by atomic mass is 79.9. The van der Waals surface area contributed by atoms with Crippen LogP contribution in [-0.4, -0.2) is 5.88 Å². The van der Waals surface area contributed by atoms with E-state index in [4.69, 9.17) is 11.6 Å². The molecule has 0 saturated heterocycles. The maximum absolute atomic E-state index is 12.5. The van der Waals surface area contributed by atoms with Gasteiger partial charge in [-0.3, -0.25) is 0 Å². The van der Waals surface area contributed by atoms with Gasteiger partial charge in [-0.15, -0.1) is 11.6 Å². The van der Waals surface area contributed by atoms with Crippen molar-refractivity contribution in [2.24, 2.45) is 0 Å². The second-order valence-corrected chi connectivity index (χ2v) is 3.41. The first-order valence-electron chi connectivity index (χ1n) is 3.24. The van der Waals surface area contributed by atoms with Crippen LogP contribution in [0.3, 0.4) is 0 Å². The Kier molecular flexibility index (Phi) is 3.34. The molecule has 0 heterocycles. The molecule has 0 unspecified atom stereocenters. The highest BCUT2D eigenvalue weighted by Gasteiger charge is 1.99. The number of benzene rings is 1. The summed E-state index contributed by atoms with van der Waals surface area (Å²) < 4.78 is 13.3. The van der Waals surface area contributed by atoms with E-state index in [1.807, 2.05) is 0 Å². The van der Waals surface area contributed by atoms with Crippen molar-refractivity contribution in [3.63, 3.8) is 0 Å². The average molecular weight is 237 g/mol. The van der Waals surface area contributed by atoms with Crippen LogP contribution in [0.1, 0.15) is 5.56 Å². The van der Waals surface area contributed by atoms with Gasteiger partial charge in [-0.25, -0.2) is 4.39 Å². The van der Waals surface area contributed by atoms with Crippen molar-refractivity contribution in [1.82, 2.24) is 0 Å². The Morgan fingerprint density at radius 3 is 2.73 bits per heavy atom. The molecule has 1 aromatic carbocycles. The Morgan fingerprint density at radius 2 is 2.18 bits per heavy atom. The lowest BCUT2D eigenvalue weighted by atomic mass is 10.2. The first-order valence-corrected chi connectivity index (χ1v) is 4.56. The molecule has 0 atom stereocenters. The third kappa shape index (κ3) is 2.46. The molecule has 1 rings (SSSR count). The Balaban J connectivity index is 2.90. The van der Waals surface area contributed by atoms with E-state index < -0.39 is 0 Å². The summed E-state index contributed by atoms with van der Waals surface area (Å²) in [6.45, 7) is 0. The lowest BCUT2D eigenvalue weighted by Gasteiger charge is -2.00. The zero-order valence-electron chi connectivity index (χ0n) is 5.78. The molecule has 0 aliphatic rings. The van der Waals surface area contributed by atoms with Gasteiger partial charge in [0.15, 0.2) is 0 Å². The summed E-state index contributed by atoms with van der Waals surface area (Å²) in [5, 5.41) is 0. The Bertz CT molecular complexity index is 250. The first kappa shape index (κ1) is 9.01. The molecule has 0 bridgehead atoms. The number of rotatable bonds is 2. The van der Waals surface area contributed by atoms with Gasteiger partial charge in [0.05, 0.1) is 0 Å². The standard InChI is InChI=1S/C8H7BrClF/c9-8-5-7(11)2-1-6(8)3-4-10/h1-2,5H,3-4H2. The molecule has 0 saturated carbocycles. The van der Waals surface area contributed by atoms with Crippen LogP contribution in [0.4, 0.5) is 4.39 Å². The second-order valence-electron chi connectivity index (χ2n) is 2.17. The molecule has 0 radical (unpaired) electrons. The normalized spacial score (nSPS) is 10.1. The Morgan fingerprint density at radius 1 is 1.45 bits per heavy atom. The molecule has 0 amide bonds. The minimum absolute atomic E-state index is 0.227. The van der Waals surface area contributed by atoms with E-state index in [9.17, 15) is 4.39 Å². The van der Waals surface area contributed by atoms with Crippen LogP contribution < -0.4 is 0 Å². The fraction of sp³-hybridized carbons (Fsp3) is 0.250. The number of hydrogen-bond donors (Lipinski definition) is 0. The van der Waals surface area contributed by atoms with Crippen molar-refractivity contribution < 1.29 is 4.39 Å². The molecule has 60 valence electrons.